The normalized spacial score (nSPS) is 16.6. The van der Waals surface area contributed by atoms with Crippen LogP contribution in [-0.2, 0) is 0 Å². The highest BCUT2D eigenvalue weighted by molar-refractivity contribution is 8.22. The van der Waals surface area contributed by atoms with Gasteiger partial charge in [-0.1, -0.05) is 31.7 Å². The predicted molar refractivity (Wildman–Crippen MR) is 120 cm³/mol. The van der Waals surface area contributed by atoms with Crippen LogP contribution in [0.3, 0.4) is 0 Å². The van der Waals surface area contributed by atoms with Gasteiger partial charge >= 0.3 is 0 Å². The monoisotopic (exact) mass is 419 g/mol. The lowest BCUT2D eigenvalue weighted by molar-refractivity contribution is 0.243. The molecule has 2 N–H and O–H groups in total. The van der Waals surface area contributed by atoms with E-state index in [0.29, 0.717) is 6.61 Å². The number of thioether (sulfide) groups is 2. The number of benzene rings is 1. The topological polar surface area (TPSA) is 60.6 Å². The molecule has 0 radical (unpaired) electrons. The zero-order chi connectivity index (χ0) is 19.9. The molecule has 0 saturated heterocycles. The Labute approximate surface area is 176 Å². The van der Waals surface area contributed by atoms with Crippen LogP contribution >= 0.6 is 23.5 Å². The van der Waals surface area contributed by atoms with Gasteiger partial charge in [0.15, 0.2) is 11.5 Å². The highest BCUT2D eigenvalue weighted by Crippen LogP contribution is 2.44. The maximum atomic E-state index is 6.03. The second-order valence-corrected chi connectivity index (χ2v) is 9.20. The summed E-state index contributed by atoms with van der Waals surface area (Å²) in [5, 5.41) is 1.24. The van der Waals surface area contributed by atoms with Crippen LogP contribution in [0, 0.1) is 0 Å². The Morgan fingerprint density at radius 2 is 2.11 bits per heavy atom. The molecule has 7 heteroatoms. The van der Waals surface area contributed by atoms with E-state index >= 15 is 0 Å². The fraction of sp³-hybridized carbons (Fsp3) is 0.476. The van der Waals surface area contributed by atoms with Gasteiger partial charge in [-0.3, -0.25) is 4.98 Å². The van der Waals surface area contributed by atoms with Crippen LogP contribution < -0.4 is 15.2 Å². The van der Waals surface area contributed by atoms with Crippen molar-refractivity contribution >= 4 is 34.4 Å². The van der Waals surface area contributed by atoms with Crippen LogP contribution in [-0.4, -0.2) is 48.6 Å². The Bertz CT molecular complexity index is 825. The first-order valence-electron chi connectivity index (χ1n) is 9.76. The molecule has 1 unspecified atom stereocenters. The molecule has 0 bridgehead atoms. The van der Waals surface area contributed by atoms with E-state index in [1.807, 2.05) is 24.4 Å². The van der Waals surface area contributed by atoms with Gasteiger partial charge in [-0.2, -0.15) is 0 Å². The van der Waals surface area contributed by atoms with Crippen LogP contribution in [0.15, 0.2) is 39.6 Å². The minimum absolute atomic E-state index is 0.168. The van der Waals surface area contributed by atoms with Gasteiger partial charge in [0, 0.05) is 33.3 Å². The highest BCUT2D eigenvalue weighted by atomic mass is 32.2. The summed E-state index contributed by atoms with van der Waals surface area (Å²) in [6.07, 6.45) is 5.96. The Hall–Kier alpha value is -1.41. The molecular weight excluding hydrogens is 390 g/mol. The zero-order valence-corrected chi connectivity index (χ0v) is 18.4. The molecule has 0 amide bonds. The van der Waals surface area contributed by atoms with Crippen molar-refractivity contribution < 1.29 is 9.47 Å². The van der Waals surface area contributed by atoms with Gasteiger partial charge in [-0.25, -0.2) is 0 Å². The Morgan fingerprint density at radius 1 is 1.29 bits per heavy atom. The number of fused-ring (bicyclic) bond motifs is 1. The van der Waals surface area contributed by atoms with E-state index in [1.165, 1.54) is 4.24 Å². The van der Waals surface area contributed by atoms with Gasteiger partial charge in [0.25, 0.3) is 0 Å². The molecule has 1 aliphatic rings. The molecule has 1 aromatic heterocycles. The maximum Gasteiger partial charge on any atom is 0.163 e. The first kappa shape index (κ1) is 21.3. The fourth-order valence-corrected chi connectivity index (χ4v) is 5.45. The van der Waals surface area contributed by atoms with Crippen molar-refractivity contribution in [3.05, 3.63) is 34.7 Å². The first-order chi connectivity index (χ1) is 13.6. The first-order valence-corrected chi connectivity index (χ1v) is 11.5. The molecule has 2 heterocycles. The number of methoxy groups -OCH3 is 1. The molecule has 1 aromatic carbocycles. The van der Waals surface area contributed by atoms with Gasteiger partial charge in [-0.15, -0.1) is 11.8 Å². The molecule has 28 heavy (non-hydrogen) atoms. The molecule has 5 nitrogen and oxygen atoms in total. The molecule has 2 aromatic rings. The molecular formula is C21H29N3O2S2. The number of hydrogen-bond acceptors (Lipinski definition) is 7. The third kappa shape index (κ3) is 5.35. The zero-order valence-electron chi connectivity index (χ0n) is 16.8. The molecule has 0 fully saturated rings. The molecule has 0 spiro atoms. The Kier molecular flexibility index (Phi) is 7.91. The van der Waals surface area contributed by atoms with Crippen molar-refractivity contribution in [2.24, 2.45) is 5.73 Å². The highest BCUT2D eigenvalue weighted by Gasteiger charge is 2.17. The van der Waals surface area contributed by atoms with E-state index in [2.05, 4.69) is 29.8 Å². The summed E-state index contributed by atoms with van der Waals surface area (Å²) in [4.78, 5) is 8.10. The third-order valence-electron chi connectivity index (χ3n) is 4.75. The third-order valence-corrected chi connectivity index (χ3v) is 7.13. The number of rotatable bonds is 10. The predicted octanol–water partition coefficient (Wildman–Crippen LogP) is 4.71. The SMILES string of the molecule is CCN(CC)CCCOc1cc2nccc(SC3=CCC(N)S3)c2cc1OC. The second kappa shape index (κ2) is 10.4. The maximum absolute atomic E-state index is 6.03. The van der Waals surface area contributed by atoms with Gasteiger partial charge < -0.3 is 20.1 Å². The average Bonchev–Trinajstić information content (AvgIpc) is 3.12. The van der Waals surface area contributed by atoms with E-state index in [-0.39, 0.29) is 5.37 Å². The molecule has 152 valence electrons. The van der Waals surface area contributed by atoms with Gasteiger partial charge in [0.1, 0.15) is 0 Å². The molecule has 1 aliphatic heterocycles. The lowest BCUT2D eigenvalue weighted by Gasteiger charge is -2.18. The van der Waals surface area contributed by atoms with Crippen LogP contribution in [0.4, 0.5) is 0 Å². The minimum Gasteiger partial charge on any atom is -0.493 e. The molecule has 0 aliphatic carbocycles. The number of pyridine rings is 1. The summed E-state index contributed by atoms with van der Waals surface area (Å²) in [6.45, 7) is 8.21. The summed E-state index contributed by atoms with van der Waals surface area (Å²) in [5.74, 6) is 1.50. The lowest BCUT2D eigenvalue weighted by atomic mass is 10.2. The summed E-state index contributed by atoms with van der Waals surface area (Å²) in [6, 6.07) is 6.06. The van der Waals surface area contributed by atoms with E-state index in [4.69, 9.17) is 15.2 Å². The smallest absolute Gasteiger partial charge is 0.163 e. The molecule has 0 saturated carbocycles. The van der Waals surface area contributed by atoms with Crippen LogP contribution in [0.25, 0.3) is 10.9 Å². The van der Waals surface area contributed by atoms with Gasteiger partial charge in [0.2, 0.25) is 0 Å². The second-order valence-electron chi connectivity index (χ2n) is 6.58. The van der Waals surface area contributed by atoms with Crippen molar-refractivity contribution in [3.63, 3.8) is 0 Å². The summed E-state index contributed by atoms with van der Waals surface area (Å²) in [7, 11) is 1.68. The summed E-state index contributed by atoms with van der Waals surface area (Å²) in [5.41, 5.74) is 6.91. The van der Waals surface area contributed by atoms with E-state index in [1.54, 1.807) is 30.6 Å². The number of ether oxygens (including phenoxy) is 2. The Balaban J connectivity index is 1.74. The van der Waals surface area contributed by atoms with Crippen LogP contribution in [0.5, 0.6) is 11.5 Å². The fourth-order valence-electron chi connectivity index (χ4n) is 3.13. The van der Waals surface area contributed by atoms with Crippen molar-refractivity contribution in [1.82, 2.24) is 9.88 Å². The van der Waals surface area contributed by atoms with E-state index in [0.717, 1.165) is 59.8 Å². The van der Waals surface area contributed by atoms with Crippen molar-refractivity contribution in [3.8, 4) is 11.5 Å². The van der Waals surface area contributed by atoms with Crippen LogP contribution in [0.2, 0.25) is 0 Å². The number of nitrogens with two attached hydrogens (primary N) is 1. The number of aromatic nitrogens is 1. The molecule has 3 rings (SSSR count). The number of nitrogens with zero attached hydrogens (tertiary/aromatic N) is 2. The summed E-state index contributed by atoms with van der Waals surface area (Å²) < 4.78 is 12.9. The van der Waals surface area contributed by atoms with Crippen molar-refractivity contribution in [1.29, 1.82) is 0 Å². The van der Waals surface area contributed by atoms with E-state index in [9.17, 15) is 0 Å². The van der Waals surface area contributed by atoms with E-state index < -0.39 is 0 Å². The molecule has 1 atom stereocenters. The lowest BCUT2D eigenvalue weighted by Crippen LogP contribution is -2.25. The van der Waals surface area contributed by atoms with Crippen molar-refractivity contribution in [2.45, 2.75) is 37.0 Å². The minimum atomic E-state index is 0.168. The summed E-state index contributed by atoms with van der Waals surface area (Å²) >= 11 is 3.46. The van der Waals surface area contributed by atoms with Crippen LogP contribution in [0.1, 0.15) is 26.7 Å². The Morgan fingerprint density at radius 3 is 2.79 bits per heavy atom. The van der Waals surface area contributed by atoms with Crippen molar-refractivity contribution in [2.75, 3.05) is 33.4 Å². The van der Waals surface area contributed by atoms with Gasteiger partial charge in [-0.05, 0) is 38.1 Å². The van der Waals surface area contributed by atoms with Gasteiger partial charge in [0.05, 0.1) is 24.6 Å². The largest absolute Gasteiger partial charge is 0.493 e. The standard InChI is InChI=1S/C21H29N3O2S2/c1-4-24(5-2)11-6-12-26-18-14-16-15(13-17(18)25-3)19(9-10-23-16)27-21-8-7-20(22)28-21/h8-10,13-14,20H,4-7,11-12,22H2,1-3H3. The average molecular weight is 420 g/mol. The number of hydrogen-bond donors (Lipinski definition) is 1. The quantitative estimate of drug-likeness (QED) is 0.560.